The Balaban J connectivity index is 1.53. The van der Waals surface area contributed by atoms with Gasteiger partial charge in [-0.15, -0.1) is 0 Å². The molecule has 2 aromatic rings. The zero-order valence-corrected chi connectivity index (χ0v) is 13.3. The summed E-state index contributed by atoms with van der Waals surface area (Å²) in [5.41, 5.74) is 0.819. The fourth-order valence-corrected chi connectivity index (χ4v) is 3.07. The van der Waals surface area contributed by atoms with E-state index < -0.39 is 0 Å². The Bertz CT molecular complexity index is 677. The Labute approximate surface area is 136 Å². The summed E-state index contributed by atoms with van der Waals surface area (Å²) in [6.45, 7) is 2.26. The highest BCUT2D eigenvalue weighted by molar-refractivity contribution is 5.89. The highest BCUT2D eigenvalue weighted by Gasteiger charge is 2.15. The van der Waals surface area contributed by atoms with Crippen LogP contribution in [0, 0.1) is 5.92 Å². The summed E-state index contributed by atoms with van der Waals surface area (Å²) in [7, 11) is 0. The van der Waals surface area contributed by atoms with Gasteiger partial charge in [-0.05, 0) is 36.1 Å². The lowest BCUT2D eigenvalue weighted by molar-refractivity contribution is -0.121. The van der Waals surface area contributed by atoms with Crippen molar-refractivity contribution in [2.75, 3.05) is 19.8 Å². The van der Waals surface area contributed by atoms with Crippen molar-refractivity contribution in [3.05, 3.63) is 42.0 Å². The fraction of sp³-hybridized carbons (Fsp3) is 0.421. The van der Waals surface area contributed by atoms with Crippen molar-refractivity contribution >= 4 is 16.7 Å². The molecule has 4 nitrogen and oxygen atoms in total. The van der Waals surface area contributed by atoms with Crippen molar-refractivity contribution in [1.82, 2.24) is 5.32 Å². The largest absolute Gasteiger partial charge is 0.507 e. The number of benzene rings is 2. The SMILES string of the molecule is O=C(CCc1ccc2ccccc2c1O)NCC1CCCOC1. The molecule has 1 aliphatic heterocycles. The minimum Gasteiger partial charge on any atom is -0.507 e. The molecule has 1 unspecified atom stereocenters. The lowest BCUT2D eigenvalue weighted by Gasteiger charge is -2.22. The van der Waals surface area contributed by atoms with Crippen LogP contribution in [0.5, 0.6) is 5.75 Å². The molecule has 2 aromatic carbocycles. The van der Waals surface area contributed by atoms with Crippen LogP contribution in [0.3, 0.4) is 0 Å². The van der Waals surface area contributed by atoms with E-state index in [1.165, 1.54) is 0 Å². The van der Waals surface area contributed by atoms with Gasteiger partial charge in [-0.25, -0.2) is 0 Å². The predicted octanol–water partition coefficient (Wildman–Crippen LogP) is 3.02. The normalized spacial score (nSPS) is 18.0. The van der Waals surface area contributed by atoms with Crippen LogP contribution in [-0.2, 0) is 16.0 Å². The van der Waals surface area contributed by atoms with E-state index in [4.69, 9.17) is 4.74 Å². The lowest BCUT2D eigenvalue weighted by Crippen LogP contribution is -2.33. The molecular weight excluding hydrogens is 290 g/mol. The van der Waals surface area contributed by atoms with Crippen LogP contribution in [0.1, 0.15) is 24.8 Å². The second-order valence-corrected chi connectivity index (χ2v) is 6.18. The van der Waals surface area contributed by atoms with Gasteiger partial charge in [0.25, 0.3) is 0 Å². The number of aromatic hydroxyl groups is 1. The Morgan fingerprint density at radius 2 is 2.13 bits per heavy atom. The van der Waals surface area contributed by atoms with Crippen molar-refractivity contribution in [3.8, 4) is 5.75 Å². The molecule has 1 atom stereocenters. The first-order valence-corrected chi connectivity index (χ1v) is 8.28. The average molecular weight is 313 g/mol. The van der Waals surface area contributed by atoms with Crippen LogP contribution in [0.2, 0.25) is 0 Å². The molecule has 0 aromatic heterocycles. The van der Waals surface area contributed by atoms with E-state index in [9.17, 15) is 9.90 Å². The topological polar surface area (TPSA) is 58.6 Å². The standard InChI is InChI=1S/C19H23NO3/c21-18(20-12-14-4-3-11-23-13-14)10-9-16-8-7-15-5-1-2-6-17(15)19(16)22/h1-2,5-8,14,22H,3-4,9-13H2,(H,20,21). The molecule has 23 heavy (non-hydrogen) atoms. The third-order valence-electron chi connectivity index (χ3n) is 4.45. The lowest BCUT2D eigenvalue weighted by atomic mass is 10.0. The smallest absolute Gasteiger partial charge is 0.220 e. The van der Waals surface area contributed by atoms with Crippen LogP contribution in [-0.4, -0.2) is 30.8 Å². The number of hydrogen-bond donors (Lipinski definition) is 2. The summed E-state index contributed by atoms with van der Waals surface area (Å²) in [5, 5.41) is 15.2. The number of phenols is 1. The van der Waals surface area contributed by atoms with Crippen molar-refractivity contribution in [3.63, 3.8) is 0 Å². The second kappa shape index (κ2) is 7.47. The summed E-state index contributed by atoms with van der Waals surface area (Å²) in [4.78, 5) is 12.0. The number of carbonyl (C=O) groups is 1. The zero-order chi connectivity index (χ0) is 16.1. The number of carbonyl (C=O) groups excluding carboxylic acids is 1. The molecule has 1 aliphatic rings. The molecule has 0 saturated carbocycles. The molecule has 1 fully saturated rings. The number of amides is 1. The maximum absolute atomic E-state index is 12.0. The molecule has 1 amide bonds. The molecule has 122 valence electrons. The van der Waals surface area contributed by atoms with Crippen LogP contribution in [0.25, 0.3) is 10.8 Å². The van der Waals surface area contributed by atoms with Gasteiger partial charge in [0.1, 0.15) is 5.75 Å². The molecule has 1 saturated heterocycles. The van der Waals surface area contributed by atoms with Gasteiger partial charge in [0.05, 0.1) is 6.61 Å². The van der Waals surface area contributed by atoms with Crippen LogP contribution < -0.4 is 5.32 Å². The number of fused-ring (bicyclic) bond motifs is 1. The number of ether oxygens (including phenoxy) is 1. The predicted molar refractivity (Wildman–Crippen MR) is 90.5 cm³/mol. The Morgan fingerprint density at radius 3 is 2.96 bits per heavy atom. The minimum absolute atomic E-state index is 0.0307. The molecule has 0 radical (unpaired) electrons. The van der Waals surface area contributed by atoms with E-state index in [1.54, 1.807) is 0 Å². The van der Waals surface area contributed by atoms with Gasteiger partial charge in [0.2, 0.25) is 5.91 Å². The molecule has 2 N–H and O–H groups in total. The summed E-state index contributed by atoms with van der Waals surface area (Å²) in [5.74, 6) is 0.751. The number of aryl methyl sites for hydroxylation is 1. The Hall–Kier alpha value is -2.07. The zero-order valence-electron chi connectivity index (χ0n) is 13.3. The van der Waals surface area contributed by atoms with E-state index in [0.717, 1.165) is 42.4 Å². The van der Waals surface area contributed by atoms with Gasteiger partial charge in [-0.2, -0.15) is 0 Å². The molecule has 0 aliphatic carbocycles. The van der Waals surface area contributed by atoms with E-state index >= 15 is 0 Å². The molecule has 0 bridgehead atoms. The van der Waals surface area contributed by atoms with Crippen molar-refractivity contribution < 1.29 is 14.6 Å². The average Bonchev–Trinajstić information content (AvgIpc) is 2.60. The molecule has 3 rings (SSSR count). The molecule has 1 heterocycles. The first-order chi connectivity index (χ1) is 11.2. The van der Waals surface area contributed by atoms with E-state index in [1.807, 2.05) is 36.4 Å². The first kappa shape index (κ1) is 15.8. The summed E-state index contributed by atoms with van der Waals surface area (Å²) in [6, 6.07) is 11.6. The fourth-order valence-electron chi connectivity index (χ4n) is 3.07. The van der Waals surface area contributed by atoms with Gasteiger partial charge in [-0.3, -0.25) is 4.79 Å². The van der Waals surface area contributed by atoms with E-state index in [-0.39, 0.29) is 11.7 Å². The summed E-state index contributed by atoms with van der Waals surface area (Å²) >= 11 is 0. The van der Waals surface area contributed by atoms with Crippen molar-refractivity contribution in [2.45, 2.75) is 25.7 Å². The Kier molecular flexibility index (Phi) is 5.13. The third kappa shape index (κ3) is 4.02. The second-order valence-electron chi connectivity index (χ2n) is 6.18. The van der Waals surface area contributed by atoms with Crippen molar-refractivity contribution in [1.29, 1.82) is 0 Å². The van der Waals surface area contributed by atoms with Gasteiger partial charge < -0.3 is 15.2 Å². The number of hydrogen-bond acceptors (Lipinski definition) is 3. The van der Waals surface area contributed by atoms with E-state index in [0.29, 0.717) is 25.3 Å². The van der Waals surface area contributed by atoms with Gasteiger partial charge in [-0.1, -0.05) is 36.4 Å². The molecular formula is C19H23NO3. The van der Waals surface area contributed by atoms with Crippen LogP contribution in [0.4, 0.5) is 0 Å². The number of phenolic OH excluding ortho intramolecular Hbond substituents is 1. The Morgan fingerprint density at radius 1 is 1.26 bits per heavy atom. The van der Waals surface area contributed by atoms with E-state index in [2.05, 4.69) is 5.32 Å². The third-order valence-corrected chi connectivity index (χ3v) is 4.45. The number of rotatable bonds is 5. The van der Waals surface area contributed by atoms with Gasteiger partial charge in [0.15, 0.2) is 0 Å². The van der Waals surface area contributed by atoms with Crippen LogP contribution >= 0.6 is 0 Å². The maximum Gasteiger partial charge on any atom is 0.220 e. The molecule has 4 heteroatoms. The maximum atomic E-state index is 12.0. The summed E-state index contributed by atoms with van der Waals surface area (Å²) in [6.07, 6.45) is 3.13. The quantitative estimate of drug-likeness (QED) is 0.892. The van der Waals surface area contributed by atoms with Gasteiger partial charge >= 0.3 is 0 Å². The minimum atomic E-state index is 0.0307. The van der Waals surface area contributed by atoms with Gasteiger partial charge in [0, 0.05) is 25.0 Å². The van der Waals surface area contributed by atoms with Crippen LogP contribution in [0.15, 0.2) is 36.4 Å². The molecule has 0 spiro atoms. The first-order valence-electron chi connectivity index (χ1n) is 8.28. The number of nitrogens with one attached hydrogen (secondary N) is 1. The highest BCUT2D eigenvalue weighted by atomic mass is 16.5. The highest BCUT2D eigenvalue weighted by Crippen LogP contribution is 2.29. The van der Waals surface area contributed by atoms with Crippen molar-refractivity contribution in [2.24, 2.45) is 5.92 Å². The summed E-state index contributed by atoms with van der Waals surface area (Å²) < 4.78 is 5.42. The monoisotopic (exact) mass is 313 g/mol.